The van der Waals surface area contributed by atoms with Crippen molar-refractivity contribution < 1.29 is 14.3 Å². The normalized spacial score (nSPS) is 42.5. The highest BCUT2D eigenvalue weighted by atomic mass is 16.5. The number of methoxy groups -OCH3 is 2. The van der Waals surface area contributed by atoms with Crippen LogP contribution in [0.5, 0.6) is 11.5 Å². The fraction of sp³-hybridized carbons (Fsp3) is 0.731. The summed E-state index contributed by atoms with van der Waals surface area (Å²) in [6.07, 6.45) is 10.2. The van der Waals surface area contributed by atoms with Gasteiger partial charge in [0.15, 0.2) is 0 Å². The van der Waals surface area contributed by atoms with Crippen molar-refractivity contribution in [1.82, 2.24) is 5.32 Å². The Hall–Kier alpha value is -1.71. The van der Waals surface area contributed by atoms with Gasteiger partial charge in [-0.05, 0) is 85.7 Å². The van der Waals surface area contributed by atoms with Crippen LogP contribution in [-0.4, -0.2) is 26.2 Å². The van der Waals surface area contributed by atoms with Gasteiger partial charge < -0.3 is 14.8 Å². The number of carbonyl (C=O) groups is 1. The van der Waals surface area contributed by atoms with E-state index in [4.69, 9.17) is 9.47 Å². The summed E-state index contributed by atoms with van der Waals surface area (Å²) in [5.41, 5.74) is 1.62. The van der Waals surface area contributed by atoms with Crippen LogP contribution < -0.4 is 14.8 Å². The molecule has 4 fully saturated rings. The summed E-state index contributed by atoms with van der Waals surface area (Å²) in [6.45, 7) is 5.03. The van der Waals surface area contributed by atoms with E-state index in [1.54, 1.807) is 14.2 Å². The Morgan fingerprint density at radius 1 is 0.967 bits per heavy atom. The van der Waals surface area contributed by atoms with Crippen LogP contribution >= 0.6 is 0 Å². The van der Waals surface area contributed by atoms with E-state index in [1.165, 1.54) is 38.5 Å². The predicted octanol–water partition coefficient (Wildman–Crippen LogP) is 5.31. The second-order valence-corrected chi connectivity index (χ2v) is 10.9. The van der Waals surface area contributed by atoms with Crippen molar-refractivity contribution in [3.63, 3.8) is 0 Å². The Bertz CT molecular complexity index is 815. The third kappa shape index (κ3) is 2.81. The zero-order valence-electron chi connectivity index (χ0n) is 19.0. The number of hydrogen-bond acceptors (Lipinski definition) is 3. The van der Waals surface area contributed by atoms with Crippen LogP contribution in [0.25, 0.3) is 0 Å². The van der Waals surface area contributed by atoms with Crippen molar-refractivity contribution in [2.75, 3.05) is 14.2 Å². The lowest BCUT2D eigenvalue weighted by Gasteiger charge is -2.60. The number of amides is 1. The van der Waals surface area contributed by atoms with Gasteiger partial charge in [0.2, 0.25) is 5.91 Å². The van der Waals surface area contributed by atoms with Gasteiger partial charge in [0.1, 0.15) is 11.5 Å². The van der Waals surface area contributed by atoms with Crippen LogP contribution in [0.2, 0.25) is 0 Å². The number of piperidine rings is 1. The number of hydrogen-bond donors (Lipinski definition) is 1. The quantitative estimate of drug-likeness (QED) is 0.733. The molecule has 1 unspecified atom stereocenters. The molecular weight excluding hydrogens is 374 g/mol. The molecule has 0 aromatic heterocycles. The third-order valence-corrected chi connectivity index (χ3v) is 9.74. The van der Waals surface area contributed by atoms with Crippen LogP contribution in [0.1, 0.15) is 76.7 Å². The first-order chi connectivity index (χ1) is 14.4. The number of benzene rings is 1. The van der Waals surface area contributed by atoms with E-state index in [2.05, 4.69) is 19.2 Å². The van der Waals surface area contributed by atoms with Crippen molar-refractivity contribution >= 4 is 5.91 Å². The molecule has 1 aliphatic heterocycles. The average Bonchev–Trinajstić information content (AvgIpc) is 3.15. The van der Waals surface area contributed by atoms with Crippen LogP contribution in [0.3, 0.4) is 0 Å². The highest BCUT2D eigenvalue weighted by molar-refractivity contribution is 5.87. The molecule has 1 aromatic rings. The minimum absolute atomic E-state index is 0.136. The maximum atomic E-state index is 13.3. The molecule has 7 atom stereocenters. The molecule has 1 saturated heterocycles. The minimum atomic E-state index is -0.215. The van der Waals surface area contributed by atoms with Crippen molar-refractivity contribution in [3.8, 4) is 11.5 Å². The molecule has 164 valence electrons. The van der Waals surface area contributed by atoms with E-state index in [9.17, 15) is 4.79 Å². The summed E-state index contributed by atoms with van der Waals surface area (Å²) in [5, 5.41) is 3.46. The van der Waals surface area contributed by atoms with Crippen LogP contribution in [0, 0.1) is 28.6 Å². The maximum Gasteiger partial charge on any atom is 0.228 e. The van der Waals surface area contributed by atoms with E-state index in [1.807, 2.05) is 18.2 Å². The topological polar surface area (TPSA) is 47.6 Å². The summed E-state index contributed by atoms with van der Waals surface area (Å²) in [6, 6.07) is 6.14. The van der Waals surface area contributed by atoms with Gasteiger partial charge in [-0.2, -0.15) is 0 Å². The second-order valence-electron chi connectivity index (χ2n) is 10.9. The van der Waals surface area contributed by atoms with Crippen LogP contribution in [0.4, 0.5) is 0 Å². The summed E-state index contributed by atoms with van der Waals surface area (Å²) in [7, 11) is 3.37. The second kappa shape index (κ2) is 7.17. The van der Waals surface area contributed by atoms with E-state index in [0.29, 0.717) is 17.4 Å². The first-order valence-corrected chi connectivity index (χ1v) is 11.9. The molecule has 1 amide bonds. The number of rotatable bonds is 3. The zero-order valence-corrected chi connectivity index (χ0v) is 19.0. The van der Waals surface area contributed by atoms with Crippen molar-refractivity contribution in [3.05, 3.63) is 23.8 Å². The van der Waals surface area contributed by atoms with E-state index >= 15 is 0 Å². The Kier molecular flexibility index (Phi) is 4.83. The van der Waals surface area contributed by atoms with E-state index < -0.39 is 0 Å². The molecule has 4 nitrogen and oxygen atoms in total. The molecule has 4 aliphatic rings. The molecule has 3 saturated carbocycles. The molecule has 0 radical (unpaired) electrons. The van der Waals surface area contributed by atoms with Gasteiger partial charge >= 0.3 is 0 Å². The number of carbonyl (C=O) groups excluding carboxylic acids is 1. The van der Waals surface area contributed by atoms with Gasteiger partial charge in [0, 0.05) is 11.6 Å². The Balaban J connectivity index is 1.51. The SMILES string of the molecule is COc1cccc(OC)c1C1C[C@@]2(C)[C@@H](CC[C@H]3[C@@H]4CCC[C@@]4(C)CC[C@@H]32)NC1=O. The fourth-order valence-electron chi connectivity index (χ4n) is 8.24. The Morgan fingerprint density at radius 3 is 2.40 bits per heavy atom. The highest BCUT2D eigenvalue weighted by Crippen LogP contribution is 2.65. The van der Waals surface area contributed by atoms with Gasteiger partial charge in [-0.1, -0.05) is 26.3 Å². The van der Waals surface area contributed by atoms with Crippen LogP contribution in [-0.2, 0) is 4.79 Å². The van der Waals surface area contributed by atoms with Crippen molar-refractivity contribution in [2.45, 2.75) is 77.2 Å². The molecule has 5 rings (SSSR count). The molecule has 0 bridgehead atoms. The molecular formula is C26H37NO3. The molecule has 1 heterocycles. The Morgan fingerprint density at radius 2 is 1.70 bits per heavy atom. The lowest BCUT2D eigenvalue weighted by Crippen LogP contribution is -2.62. The van der Waals surface area contributed by atoms with Crippen molar-refractivity contribution in [1.29, 1.82) is 0 Å². The largest absolute Gasteiger partial charge is 0.496 e. The summed E-state index contributed by atoms with van der Waals surface area (Å²) >= 11 is 0. The molecule has 0 spiro atoms. The molecule has 1 aromatic carbocycles. The highest BCUT2D eigenvalue weighted by Gasteiger charge is 2.59. The standard InChI is InChI=1S/C26H37NO3/c1-25-13-6-7-18(25)16-10-11-22-26(2,19(16)12-14-25)15-17(24(28)27-22)23-20(29-3)8-5-9-21(23)30-4/h5,8-9,16-19,22H,6-7,10-15H2,1-4H3,(H,27,28)/t16-,17?,18-,19-,22+,25-,26+/m0/s1. The third-order valence-electron chi connectivity index (χ3n) is 9.74. The monoisotopic (exact) mass is 411 g/mol. The van der Waals surface area contributed by atoms with E-state index in [0.717, 1.165) is 41.7 Å². The van der Waals surface area contributed by atoms with Gasteiger partial charge in [-0.15, -0.1) is 0 Å². The number of nitrogens with one attached hydrogen (secondary N) is 1. The van der Waals surface area contributed by atoms with Gasteiger partial charge in [-0.25, -0.2) is 0 Å². The van der Waals surface area contributed by atoms with Gasteiger partial charge in [-0.3, -0.25) is 4.79 Å². The number of fused-ring (bicyclic) bond motifs is 5. The maximum absolute atomic E-state index is 13.3. The minimum Gasteiger partial charge on any atom is -0.496 e. The summed E-state index contributed by atoms with van der Waals surface area (Å²) in [5.74, 6) is 3.85. The lowest BCUT2D eigenvalue weighted by atomic mass is 9.47. The molecule has 4 heteroatoms. The predicted molar refractivity (Wildman–Crippen MR) is 118 cm³/mol. The fourth-order valence-corrected chi connectivity index (χ4v) is 8.24. The number of ether oxygens (including phenoxy) is 2. The summed E-state index contributed by atoms with van der Waals surface area (Å²) < 4.78 is 11.3. The molecule has 3 aliphatic carbocycles. The first-order valence-electron chi connectivity index (χ1n) is 11.9. The lowest BCUT2D eigenvalue weighted by molar-refractivity contribution is -0.138. The van der Waals surface area contributed by atoms with Crippen molar-refractivity contribution in [2.24, 2.45) is 28.6 Å². The summed E-state index contributed by atoms with van der Waals surface area (Å²) in [4.78, 5) is 13.3. The van der Waals surface area contributed by atoms with E-state index in [-0.39, 0.29) is 17.2 Å². The smallest absolute Gasteiger partial charge is 0.228 e. The molecule has 30 heavy (non-hydrogen) atoms. The first kappa shape index (κ1) is 20.2. The Labute approximate surface area is 181 Å². The zero-order chi connectivity index (χ0) is 21.1. The molecule has 1 N–H and O–H groups in total. The van der Waals surface area contributed by atoms with Gasteiger partial charge in [0.25, 0.3) is 0 Å². The average molecular weight is 412 g/mol. The van der Waals surface area contributed by atoms with Gasteiger partial charge in [0.05, 0.1) is 20.1 Å². The van der Waals surface area contributed by atoms with Crippen LogP contribution in [0.15, 0.2) is 18.2 Å².